The van der Waals surface area contributed by atoms with Gasteiger partial charge in [-0.15, -0.1) is 62.0 Å². The van der Waals surface area contributed by atoms with Crippen LogP contribution in [0.1, 0.15) is 62.5 Å². The first-order valence-electron chi connectivity index (χ1n) is 18.6. The number of phenolic OH excluding ortho intramolecular Hbond substituents is 2. The van der Waals surface area contributed by atoms with Crippen molar-refractivity contribution >= 4 is 91.6 Å². The van der Waals surface area contributed by atoms with Crippen molar-refractivity contribution < 1.29 is 34.2 Å². The summed E-state index contributed by atoms with van der Waals surface area (Å²) < 4.78 is 0. The summed E-state index contributed by atoms with van der Waals surface area (Å²) in [7, 11) is 0. The van der Waals surface area contributed by atoms with Gasteiger partial charge in [0, 0.05) is 44.9 Å². The van der Waals surface area contributed by atoms with Gasteiger partial charge in [-0.05, 0) is 98.1 Å². The Morgan fingerprint density at radius 3 is 1.90 bits per heavy atom. The summed E-state index contributed by atoms with van der Waals surface area (Å²) in [5, 5.41) is 35.1. The lowest BCUT2D eigenvalue weighted by atomic mass is 9.95. The fraction of sp³-hybridized carbons (Fsp3) is 0.541. The highest BCUT2D eigenvalue weighted by molar-refractivity contribution is 5.95. The standard InChI is InChI=1S/C37H58N10O7.5ClH/c38-12-3-6-28(35(52)44-15-2-1-5-26(41)21-33(50)43-16-14-40)46-37(54)30-20-25-18-23(9-11-32(25)49)22-8-10-31(48)24(17-22)19-27(42)34(51)45-29(7-4-13-39)36(53)47-30;;;;;/h8-11,17-18,26-30,48-49H,1-7,12-16,19-21,38-42H2,(H,43,50)(H,44,52)(H,45,51)(H,46,54)(H,47,53);5*1H/t26-,27-,28-,29-,30-;;;;;/m0...../s1. The summed E-state index contributed by atoms with van der Waals surface area (Å²) in [4.78, 5) is 66.2. The van der Waals surface area contributed by atoms with Crippen molar-refractivity contribution in [2.75, 3.05) is 32.7 Å². The Morgan fingerprint density at radius 1 is 0.729 bits per heavy atom. The first kappa shape index (κ1) is 59.9. The summed E-state index contributed by atoms with van der Waals surface area (Å²) in [6.07, 6.45) is 2.92. The molecule has 5 atom stereocenters. The van der Waals surface area contributed by atoms with E-state index < -0.39 is 47.8 Å². The molecule has 0 saturated heterocycles. The van der Waals surface area contributed by atoms with Crippen LogP contribution in [0.15, 0.2) is 36.4 Å². The zero-order valence-corrected chi connectivity index (χ0v) is 36.9. The molecule has 3 rings (SSSR count). The van der Waals surface area contributed by atoms with Crippen LogP contribution in [-0.2, 0) is 36.8 Å². The summed E-state index contributed by atoms with van der Waals surface area (Å²) in [5.74, 6) is -2.82. The van der Waals surface area contributed by atoms with Gasteiger partial charge in [0.2, 0.25) is 29.5 Å². The molecule has 2 aromatic carbocycles. The van der Waals surface area contributed by atoms with Crippen LogP contribution in [0.4, 0.5) is 0 Å². The number of carbonyl (C=O) groups excluding carboxylic acids is 5. The average molecular weight is 937 g/mol. The van der Waals surface area contributed by atoms with Gasteiger partial charge in [0.15, 0.2) is 0 Å². The van der Waals surface area contributed by atoms with Crippen molar-refractivity contribution in [2.45, 2.75) is 94.4 Å². The molecule has 1 heterocycles. The van der Waals surface area contributed by atoms with Crippen molar-refractivity contribution in [1.82, 2.24) is 26.6 Å². The molecule has 17 nitrogen and oxygen atoms in total. The maximum atomic E-state index is 14.0. The molecule has 0 aromatic heterocycles. The molecule has 4 bridgehead atoms. The van der Waals surface area contributed by atoms with E-state index in [1.165, 1.54) is 12.1 Å². The third-order valence-electron chi connectivity index (χ3n) is 9.20. The number of rotatable bonds is 18. The Morgan fingerprint density at radius 2 is 1.32 bits per heavy atom. The van der Waals surface area contributed by atoms with E-state index in [1.54, 1.807) is 24.3 Å². The van der Waals surface area contributed by atoms with Crippen molar-refractivity contribution in [3.63, 3.8) is 0 Å². The topological polar surface area (TPSA) is 316 Å². The van der Waals surface area contributed by atoms with Gasteiger partial charge in [-0.1, -0.05) is 18.6 Å². The van der Waals surface area contributed by atoms with E-state index in [2.05, 4.69) is 26.6 Å². The van der Waals surface area contributed by atoms with Gasteiger partial charge in [-0.3, -0.25) is 24.0 Å². The monoisotopic (exact) mass is 934 g/mol. The van der Waals surface area contributed by atoms with E-state index in [-0.39, 0.29) is 131 Å². The largest absolute Gasteiger partial charge is 0.508 e. The van der Waals surface area contributed by atoms with E-state index in [9.17, 15) is 34.2 Å². The number of nitrogens with two attached hydrogens (primary N) is 5. The number of carbonyl (C=O) groups is 5. The highest BCUT2D eigenvalue weighted by atomic mass is 35.5. The molecule has 0 spiro atoms. The molecule has 59 heavy (non-hydrogen) atoms. The fourth-order valence-electron chi connectivity index (χ4n) is 6.11. The number of unbranched alkanes of at least 4 members (excludes halogenated alkanes) is 1. The van der Waals surface area contributed by atoms with E-state index in [4.69, 9.17) is 28.7 Å². The van der Waals surface area contributed by atoms with Gasteiger partial charge >= 0.3 is 0 Å². The lowest BCUT2D eigenvalue weighted by molar-refractivity contribution is -0.134. The van der Waals surface area contributed by atoms with Crippen molar-refractivity contribution in [3.05, 3.63) is 47.5 Å². The van der Waals surface area contributed by atoms with Crippen LogP contribution in [0.5, 0.6) is 11.5 Å². The molecule has 0 saturated carbocycles. The number of amides is 5. The smallest absolute Gasteiger partial charge is 0.243 e. The van der Waals surface area contributed by atoms with Crippen molar-refractivity contribution in [2.24, 2.45) is 28.7 Å². The Labute approximate surface area is 376 Å². The Kier molecular flexibility index (Phi) is 32.0. The number of nitrogens with one attached hydrogen (secondary N) is 5. The second-order valence-electron chi connectivity index (χ2n) is 13.6. The molecule has 1 aliphatic rings. The molecular weight excluding hydrogens is 874 g/mol. The number of hydrogen-bond acceptors (Lipinski definition) is 12. The highest BCUT2D eigenvalue weighted by Crippen LogP contribution is 2.31. The average Bonchev–Trinajstić information content (AvgIpc) is 3.14. The Hall–Kier alpha value is -3.36. The minimum atomic E-state index is -1.29. The van der Waals surface area contributed by atoms with E-state index in [0.29, 0.717) is 74.0 Å². The second kappa shape index (κ2) is 31.5. The number of hydrogen-bond donors (Lipinski definition) is 12. The zero-order valence-electron chi connectivity index (χ0n) is 32.8. The van der Waals surface area contributed by atoms with Gasteiger partial charge in [0.05, 0.1) is 6.04 Å². The lowest BCUT2D eigenvalue weighted by Crippen LogP contribution is -2.58. The molecule has 0 radical (unpaired) electrons. The van der Waals surface area contributed by atoms with Crippen LogP contribution in [0.25, 0.3) is 11.1 Å². The molecular formula is C37H63Cl5N10O7. The van der Waals surface area contributed by atoms with Crippen LogP contribution in [0.3, 0.4) is 0 Å². The van der Waals surface area contributed by atoms with Gasteiger partial charge in [-0.25, -0.2) is 0 Å². The minimum Gasteiger partial charge on any atom is -0.508 e. The minimum absolute atomic E-state index is 0. The third-order valence-corrected chi connectivity index (χ3v) is 9.20. The quantitative estimate of drug-likeness (QED) is 0.0900. The predicted molar refractivity (Wildman–Crippen MR) is 241 cm³/mol. The normalized spacial score (nSPS) is 17.0. The molecule has 0 unspecified atom stereocenters. The van der Waals surface area contributed by atoms with Gasteiger partial charge in [-0.2, -0.15) is 0 Å². The first-order valence-corrected chi connectivity index (χ1v) is 18.6. The highest BCUT2D eigenvalue weighted by Gasteiger charge is 2.31. The summed E-state index contributed by atoms with van der Waals surface area (Å²) in [5.41, 5.74) is 31.2. The summed E-state index contributed by atoms with van der Waals surface area (Å²) >= 11 is 0. The van der Waals surface area contributed by atoms with Crippen LogP contribution in [-0.4, -0.2) is 103 Å². The molecule has 1 aliphatic heterocycles. The van der Waals surface area contributed by atoms with Gasteiger partial charge in [0.1, 0.15) is 29.6 Å². The van der Waals surface area contributed by atoms with Gasteiger partial charge in [0.25, 0.3) is 0 Å². The van der Waals surface area contributed by atoms with E-state index in [1.807, 2.05) is 0 Å². The molecule has 338 valence electrons. The molecule has 2 aromatic rings. The summed E-state index contributed by atoms with van der Waals surface area (Å²) in [6, 6.07) is 4.79. The number of fused-ring (bicyclic) bond motifs is 5. The number of aromatic hydroxyl groups is 2. The second-order valence-corrected chi connectivity index (χ2v) is 13.6. The van der Waals surface area contributed by atoms with Crippen LogP contribution in [0.2, 0.25) is 0 Å². The maximum absolute atomic E-state index is 14.0. The van der Waals surface area contributed by atoms with Crippen LogP contribution in [0, 0.1) is 0 Å². The Bertz CT molecular complexity index is 1600. The lowest BCUT2D eigenvalue weighted by Gasteiger charge is -2.26. The van der Waals surface area contributed by atoms with Crippen molar-refractivity contribution in [1.29, 1.82) is 0 Å². The van der Waals surface area contributed by atoms with Gasteiger partial charge < -0.3 is 65.5 Å². The predicted octanol–water partition coefficient (Wildman–Crippen LogP) is 0.311. The van der Waals surface area contributed by atoms with E-state index in [0.717, 1.165) is 0 Å². The maximum Gasteiger partial charge on any atom is 0.243 e. The Balaban J connectivity index is -0.00000627. The third kappa shape index (κ3) is 20.2. The van der Waals surface area contributed by atoms with Crippen LogP contribution < -0.4 is 55.3 Å². The zero-order chi connectivity index (χ0) is 39.6. The molecule has 17 N–H and O–H groups in total. The first-order chi connectivity index (χ1) is 25.9. The molecule has 0 aliphatic carbocycles. The van der Waals surface area contributed by atoms with E-state index >= 15 is 0 Å². The van der Waals surface area contributed by atoms with Crippen LogP contribution >= 0.6 is 62.0 Å². The number of phenols is 2. The fourth-order valence-corrected chi connectivity index (χ4v) is 6.11. The molecule has 0 fully saturated rings. The number of benzene rings is 2. The SMILES string of the molecule is Cl.Cl.Cl.Cl.Cl.NCCC[C@H](NC(=O)[C@@H]1Cc2cc(ccc2O)-c2ccc(O)c(c2)C[C@H](N)C(=O)N[C@@H](CCCN)C(=O)N1)C(=O)NCCCC[C@H](N)CC(=O)NCCN. The molecule has 22 heteroatoms. The number of halogens is 5. The summed E-state index contributed by atoms with van der Waals surface area (Å²) in [6.45, 7) is 1.51. The van der Waals surface area contributed by atoms with Crippen molar-refractivity contribution in [3.8, 4) is 22.6 Å². The molecule has 5 amide bonds.